The Bertz CT molecular complexity index is 447. The zero-order valence-corrected chi connectivity index (χ0v) is 12.5. The molecule has 4 nitrogen and oxygen atoms in total. The average Bonchev–Trinajstić information content (AvgIpc) is 2.78. The monoisotopic (exact) mass is 276 g/mol. The SMILES string of the molecule is CC1CN(CC(C(=O)O)c2ccccc2)CC1N(C)C. The van der Waals surface area contributed by atoms with Gasteiger partial charge in [-0.3, -0.25) is 4.79 Å². The van der Waals surface area contributed by atoms with Crippen molar-refractivity contribution in [3.05, 3.63) is 35.9 Å². The van der Waals surface area contributed by atoms with Gasteiger partial charge in [0.2, 0.25) is 0 Å². The fraction of sp³-hybridized carbons (Fsp3) is 0.562. The summed E-state index contributed by atoms with van der Waals surface area (Å²) in [7, 11) is 4.19. The standard InChI is InChI=1S/C16H24N2O2/c1-12-9-18(11-15(12)17(2)3)10-14(16(19)20)13-7-5-4-6-8-13/h4-8,12,14-15H,9-11H2,1-3H3,(H,19,20). The summed E-state index contributed by atoms with van der Waals surface area (Å²) in [5.74, 6) is -0.600. The van der Waals surface area contributed by atoms with Crippen LogP contribution in [-0.2, 0) is 4.79 Å². The first kappa shape index (κ1) is 15.0. The van der Waals surface area contributed by atoms with Crippen LogP contribution in [0.3, 0.4) is 0 Å². The van der Waals surface area contributed by atoms with Crippen molar-refractivity contribution < 1.29 is 9.90 Å². The second-order valence-corrected chi connectivity index (χ2v) is 6.03. The summed E-state index contributed by atoms with van der Waals surface area (Å²) in [6.07, 6.45) is 0. The predicted molar refractivity (Wildman–Crippen MR) is 79.9 cm³/mol. The van der Waals surface area contributed by atoms with Gasteiger partial charge in [0.1, 0.15) is 0 Å². The summed E-state index contributed by atoms with van der Waals surface area (Å²) < 4.78 is 0. The molecule has 0 radical (unpaired) electrons. The molecule has 0 spiro atoms. The minimum Gasteiger partial charge on any atom is -0.481 e. The van der Waals surface area contributed by atoms with E-state index in [0.29, 0.717) is 18.5 Å². The van der Waals surface area contributed by atoms with Gasteiger partial charge >= 0.3 is 5.97 Å². The quantitative estimate of drug-likeness (QED) is 0.889. The largest absolute Gasteiger partial charge is 0.481 e. The van der Waals surface area contributed by atoms with Crippen molar-refractivity contribution >= 4 is 5.97 Å². The summed E-state index contributed by atoms with van der Waals surface area (Å²) >= 11 is 0. The highest BCUT2D eigenvalue weighted by atomic mass is 16.4. The molecule has 1 aliphatic rings. The van der Waals surface area contributed by atoms with Crippen molar-refractivity contribution in [3.8, 4) is 0 Å². The van der Waals surface area contributed by atoms with Gasteiger partial charge < -0.3 is 14.9 Å². The van der Waals surface area contributed by atoms with Gasteiger partial charge in [0.15, 0.2) is 0 Å². The number of nitrogens with zero attached hydrogens (tertiary/aromatic N) is 2. The number of benzene rings is 1. The lowest BCUT2D eigenvalue weighted by Crippen LogP contribution is -2.35. The maximum Gasteiger partial charge on any atom is 0.312 e. The summed E-state index contributed by atoms with van der Waals surface area (Å²) in [6, 6.07) is 10.0. The highest BCUT2D eigenvalue weighted by Gasteiger charge is 2.33. The van der Waals surface area contributed by atoms with Crippen LogP contribution in [0.1, 0.15) is 18.4 Å². The van der Waals surface area contributed by atoms with Gasteiger partial charge in [0.05, 0.1) is 5.92 Å². The van der Waals surface area contributed by atoms with Gasteiger partial charge in [-0.05, 0) is 25.6 Å². The van der Waals surface area contributed by atoms with Gasteiger partial charge in [0.25, 0.3) is 0 Å². The first-order valence-corrected chi connectivity index (χ1v) is 7.15. The Morgan fingerprint density at radius 3 is 2.50 bits per heavy atom. The number of carbonyl (C=O) groups is 1. The van der Waals surface area contributed by atoms with E-state index in [1.165, 1.54) is 0 Å². The molecule has 1 aromatic rings. The molecule has 20 heavy (non-hydrogen) atoms. The molecule has 0 aliphatic carbocycles. The van der Waals surface area contributed by atoms with Crippen LogP contribution in [0.4, 0.5) is 0 Å². The van der Waals surface area contributed by atoms with E-state index in [-0.39, 0.29) is 0 Å². The highest BCUT2D eigenvalue weighted by Crippen LogP contribution is 2.24. The molecule has 1 N–H and O–H groups in total. The predicted octanol–water partition coefficient (Wildman–Crippen LogP) is 1.74. The Balaban J connectivity index is 2.06. The third kappa shape index (κ3) is 3.38. The zero-order valence-electron chi connectivity index (χ0n) is 12.5. The van der Waals surface area contributed by atoms with Crippen LogP contribution in [0.15, 0.2) is 30.3 Å². The molecule has 0 amide bonds. The minimum absolute atomic E-state index is 0.440. The Morgan fingerprint density at radius 1 is 1.35 bits per heavy atom. The van der Waals surface area contributed by atoms with E-state index in [2.05, 4.69) is 30.8 Å². The van der Waals surface area contributed by atoms with Crippen LogP contribution in [-0.4, -0.2) is 60.6 Å². The molecule has 0 saturated carbocycles. The van der Waals surface area contributed by atoms with Crippen LogP contribution in [0, 0.1) is 5.92 Å². The summed E-state index contributed by atoms with van der Waals surface area (Å²) in [5.41, 5.74) is 0.890. The fourth-order valence-corrected chi connectivity index (χ4v) is 3.14. The van der Waals surface area contributed by atoms with Gasteiger partial charge in [0, 0.05) is 25.7 Å². The molecule has 3 unspecified atom stereocenters. The molecule has 2 rings (SSSR count). The number of rotatable bonds is 5. The molecule has 0 aromatic heterocycles. The molecule has 1 heterocycles. The summed E-state index contributed by atoms with van der Waals surface area (Å²) in [4.78, 5) is 16.1. The number of hydrogen-bond donors (Lipinski definition) is 1. The molecular formula is C16H24N2O2. The topological polar surface area (TPSA) is 43.8 Å². The van der Waals surface area contributed by atoms with Crippen molar-refractivity contribution in [1.82, 2.24) is 9.80 Å². The first-order valence-electron chi connectivity index (χ1n) is 7.15. The van der Waals surface area contributed by atoms with E-state index in [1.54, 1.807) is 0 Å². The van der Waals surface area contributed by atoms with Gasteiger partial charge in [-0.2, -0.15) is 0 Å². The van der Waals surface area contributed by atoms with Crippen molar-refractivity contribution in [2.24, 2.45) is 5.92 Å². The lowest BCUT2D eigenvalue weighted by Gasteiger charge is -2.23. The van der Waals surface area contributed by atoms with E-state index in [9.17, 15) is 9.90 Å². The van der Waals surface area contributed by atoms with E-state index in [4.69, 9.17) is 0 Å². The van der Waals surface area contributed by atoms with Crippen LogP contribution < -0.4 is 0 Å². The first-order chi connectivity index (χ1) is 9.49. The maximum atomic E-state index is 11.5. The number of aliphatic carboxylic acids is 1. The van der Waals surface area contributed by atoms with E-state index in [1.807, 2.05) is 30.3 Å². The third-order valence-corrected chi connectivity index (χ3v) is 4.25. The molecule has 4 heteroatoms. The Kier molecular flexibility index (Phi) is 4.78. The molecular weight excluding hydrogens is 252 g/mol. The minimum atomic E-state index is -0.739. The Hall–Kier alpha value is -1.39. The molecule has 110 valence electrons. The maximum absolute atomic E-state index is 11.5. The van der Waals surface area contributed by atoms with Crippen LogP contribution in [0.5, 0.6) is 0 Å². The molecule has 1 aromatic carbocycles. The van der Waals surface area contributed by atoms with Gasteiger partial charge in [-0.25, -0.2) is 0 Å². The molecule has 1 fully saturated rings. The molecule has 1 aliphatic heterocycles. The smallest absolute Gasteiger partial charge is 0.312 e. The third-order valence-electron chi connectivity index (χ3n) is 4.25. The average molecular weight is 276 g/mol. The Labute approximate surface area is 121 Å². The number of hydrogen-bond acceptors (Lipinski definition) is 3. The Morgan fingerprint density at radius 2 is 2.00 bits per heavy atom. The molecule has 1 saturated heterocycles. The lowest BCUT2D eigenvalue weighted by molar-refractivity contribution is -0.139. The van der Waals surface area contributed by atoms with E-state index in [0.717, 1.165) is 18.7 Å². The number of carboxylic acid groups (broad SMARTS) is 1. The molecule has 3 atom stereocenters. The van der Waals surface area contributed by atoms with Crippen molar-refractivity contribution in [1.29, 1.82) is 0 Å². The highest BCUT2D eigenvalue weighted by molar-refractivity contribution is 5.76. The summed E-state index contributed by atoms with van der Waals surface area (Å²) in [6.45, 7) is 4.75. The molecule has 0 bridgehead atoms. The van der Waals surface area contributed by atoms with Gasteiger partial charge in [-0.15, -0.1) is 0 Å². The normalized spacial score (nSPS) is 25.0. The van der Waals surface area contributed by atoms with Gasteiger partial charge in [-0.1, -0.05) is 37.3 Å². The van der Waals surface area contributed by atoms with Crippen LogP contribution in [0.2, 0.25) is 0 Å². The van der Waals surface area contributed by atoms with Crippen molar-refractivity contribution in [2.45, 2.75) is 18.9 Å². The lowest BCUT2D eigenvalue weighted by atomic mass is 9.99. The fourth-order valence-electron chi connectivity index (χ4n) is 3.14. The number of carboxylic acids is 1. The second-order valence-electron chi connectivity index (χ2n) is 6.03. The second kappa shape index (κ2) is 6.37. The van der Waals surface area contributed by atoms with Crippen molar-refractivity contribution in [3.63, 3.8) is 0 Å². The van der Waals surface area contributed by atoms with E-state index >= 15 is 0 Å². The number of likely N-dealkylation sites (N-methyl/N-ethyl adjacent to an activating group) is 1. The van der Waals surface area contributed by atoms with E-state index < -0.39 is 11.9 Å². The van der Waals surface area contributed by atoms with Crippen molar-refractivity contribution in [2.75, 3.05) is 33.7 Å². The van der Waals surface area contributed by atoms with Crippen LogP contribution >= 0.6 is 0 Å². The summed E-state index contributed by atoms with van der Waals surface area (Å²) in [5, 5.41) is 9.49. The van der Waals surface area contributed by atoms with Crippen LogP contribution in [0.25, 0.3) is 0 Å². The number of likely N-dealkylation sites (tertiary alicyclic amines) is 1. The zero-order chi connectivity index (χ0) is 14.7.